The second kappa shape index (κ2) is 8.70. The quantitative estimate of drug-likeness (QED) is 0.328. The van der Waals surface area contributed by atoms with Gasteiger partial charge in [0.25, 0.3) is 0 Å². The van der Waals surface area contributed by atoms with Gasteiger partial charge in [0.05, 0.1) is 11.2 Å². The van der Waals surface area contributed by atoms with Gasteiger partial charge in [-0.25, -0.2) is 9.78 Å². The first-order valence-electron chi connectivity index (χ1n) is 9.64. The molecular formula is C24H16F3NO5. The molecule has 0 unspecified atom stereocenters. The van der Waals surface area contributed by atoms with Crippen molar-refractivity contribution < 1.29 is 37.3 Å². The van der Waals surface area contributed by atoms with E-state index >= 15 is 0 Å². The van der Waals surface area contributed by atoms with E-state index in [1.165, 1.54) is 12.1 Å². The van der Waals surface area contributed by atoms with Crippen LogP contribution in [-0.4, -0.2) is 22.6 Å². The number of hydrogen-bond donors (Lipinski definition) is 1. The van der Waals surface area contributed by atoms with Crippen LogP contribution < -0.4 is 14.2 Å². The lowest BCUT2D eigenvalue weighted by molar-refractivity contribution is -0.274. The molecule has 9 heteroatoms. The molecule has 4 rings (SSSR count). The van der Waals surface area contributed by atoms with Crippen LogP contribution >= 0.6 is 0 Å². The Labute approximate surface area is 185 Å². The fourth-order valence-electron chi connectivity index (χ4n) is 3.30. The zero-order valence-electron chi connectivity index (χ0n) is 17.1. The molecule has 0 aliphatic carbocycles. The number of carboxylic acid groups (broad SMARTS) is 1. The molecule has 1 N–H and O–H groups in total. The molecule has 0 saturated heterocycles. The highest BCUT2D eigenvalue weighted by molar-refractivity contribution is 5.91. The Bertz CT molecular complexity index is 1300. The maximum Gasteiger partial charge on any atom is 0.573 e. The minimum atomic E-state index is -4.76. The van der Waals surface area contributed by atoms with E-state index < -0.39 is 12.5 Å². The summed E-state index contributed by atoms with van der Waals surface area (Å²) in [6, 6.07) is 18.9. The molecule has 0 saturated carbocycles. The van der Waals surface area contributed by atoms with Gasteiger partial charge in [0.1, 0.15) is 23.0 Å². The molecule has 0 aliphatic heterocycles. The zero-order valence-corrected chi connectivity index (χ0v) is 17.1. The van der Waals surface area contributed by atoms with Gasteiger partial charge in [-0.15, -0.1) is 13.2 Å². The van der Waals surface area contributed by atoms with Crippen molar-refractivity contribution in [3.05, 3.63) is 78.4 Å². The van der Waals surface area contributed by atoms with Crippen LogP contribution in [0.15, 0.2) is 72.8 Å². The Morgan fingerprint density at radius 2 is 1.45 bits per heavy atom. The van der Waals surface area contributed by atoms with Crippen LogP contribution in [0.1, 0.15) is 5.56 Å². The maximum atomic E-state index is 12.3. The Balaban J connectivity index is 1.59. The predicted molar refractivity (Wildman–Crippen MR) is 114 cm³/mol. The normalized spacial score (nSPS) is 11.3. The van der Waals surface area contributed by atoms with Gasteiger partial charge in [0.2, 0.25) is 0 Å². The first kappa shape index (κ1) is 21.9. The van der Waals surface area contributed by atoms with Gasteiger partial charge in [0.15, 0.2) is 0 Å². The van der Waals surface area contributed by atoms with Crippen LogP contribution in [0.5, 0.6) is 23.0 Å². The highest BCUT2D eigenvalue weighted by atomic mass is 19.4. The molecule has 0 spiro atoms. The van der Waals surface area contributed by atoms with E-state index in [2.05, 4.69) is 9.72 Å². The SMILES string of the molecule is Cc1c(-c2ccc(Oc3ccc(OC(F)(F)F)cc3)cc2)nc2ccccc2c1OC(=O)O. The van der Waals surface area contributed by atoms with Crippen LogP contribution in [0.3, 0.4) is 0 Å². The summed E-state index contributed by atoms with van der Waals surface area (Å²) in [6.07, 6.45) is -6.18. The zero-order chi connectivity index (χ0) is 23.6. The maximum absolute atomic E-state index is 12.3. The van der Waals surface area contributed by atoms with Crippen LogP contribution in [-0.2, 0) is 0 Å². The number of hydrogen-bond acceptors (Lipinski definition) is 5. The summed E-state index contributed by atoms with van der Waals surface area (Å²) in [6.45, 7) is 1.72. The summed E-state index contributed by atoms with van der Waals surface area (Å²) in [5, 5.41) is 9.72. The largest absolute Gasteiger partial charge is 0.573 e. The molecule has 168 valence electrons. The third-order valence-corrected chi connectivity index (χ3v) is 4.69. The number of rotatable bonds is 5. The number of halogens is 3. The number of ether oxygens (including phenoxy) is 3. The smallest absolute Gasteiger partial charge is 0.457 e. The van der Waals surface area contributed by atoms with Gasteiger partial charge >= 0.3 is 12.5 Å². The summed E-state index contributed by atoms with van der Waals surface area (Å²) in [7, 11) is 0. The number of carbonyl (C=O) groups is 1. The molecule has 6 nitrogen and oxygen atoms in total. The Hall–Kier alpha value is -4.27. The predicted octanol–water partition coefficient (Wildman–Crippen LogP) is 6.96. The topological polar surface area (TPSA) is 77.9 Å². The van der Waals surface area contributed by atoms with E-state index in [0.717, 1.165) is 12.1 Å². The summed E-state index contributed by atoms with van der Waals surface area (Å²) < 4.78 is 51.4. The molecule has 0 aliphatic rings. The summed E-state index contributed by atoms with van der Waals surface area (Å²) in [5.74, 6) is 0.644. The molecular weight excluding hydrogens is 439 g/mol. The summed E-state index contributed by atoms with van der Waals surface area (Å²) in [5.41, 5.74) is 2.39. The van der Waals surface area contributed by atoms with Crippen molar-refractivity contribution in [1.82, 2.24) is 4.98 Å². The van der Waals surface area contributed by atoms with Crippen molar-refractivity contribution in [2.24, 2.45) is 0 Å². The van der Waals surface area contributed by atoms with Gasteiger partial charge in [-0.3, -0.25) is 0 Å². The molecule has 1 heterocycles. The van der Waals surface area contributed by atoms with E-state index in [4.69, 9.17) is 14.6 Å². The van der Waals surface area contributed by atoms with Crippen molar-refractivity contribution in [2.75, 3.05) is 0 Å². The van der Waals surface area contributed by atoms with Crippen molar-refractivity contribution in [2.45, 2.75) is 13.3 Å². The molecule has 1 aromatic heterocycles. The Kier molecular flexibility index (Phi) is 5.78. The van der Waals surface area contributed by atoms with Crippen LogP contribution in [0.2, 0.25) is 0 Å². The van der Waals surface area contributed by atoms with Gasteiger partial charge in [-0.1, -0.05) is 12.1 Å². The lowest BCUT2D eigenvalue weighted by Crippen LogP contribution is -2.16. The Morgan fingerprint density at radius 1 is 0.879 bits per heavy atom. The number of nitrogens with zero attached hydrogens (tertiary/aromatic N) is 1. The molecule has 4 aromatic rings. The fourth-order valence-corrected chi connectivity index (χ4v) is 3.30. The minimum absolute atomic E-state index is 0.213. The first-order chi connectivity index (χ1) is 15.7. The van der Waals surface area contributed by atoms with E-state index in [0.29, 0.717) is 39.2 Å². The lowest BCUT2D eigenvalue weighted by Gasteiger charge is -2.14. The standard InChI is InChI=1S/C24H16F3NO5/c1-14-21(28-20-5-3-2-4-19(20)22(14)32-23(29)30)15-6-8-16(9-7-15)31-17-10-12-18(13-11-17)33-24(25,26)27/h2-13H,1H3,(H,29,30). The van der Waals surface area contributed by atoms with Gasteiger partial charge < -0.3 is 19.3 Å². The number of para-hydroxylation sites is 1. The molecule has 33 heavy (non-hydrogen) atoms. The van der Waals surface area contributed by atoms with E-state index in [-0.39, 0.29) is 11.5 Å². The van der Waals surface area contributed by atoms with Crippen molar-refractivity contribution >= 4 is 17.1 Å². The van der Waals surface area contributed by atoms with Crippen LogP contribution in [0.25, 0.3) is 22.2 Å². The van der Waals surface area contributed by atoms with E-state index in [9.17, 15) is 18.0 Å². The summed E-state index contributed by atoms with van der Waals surface area (Å²) in [4.78, 5) is 15.8. The van der Waals surface area contributed by atoms with Crippen LogP contribution in [0.4, 0.5) is 18.0 Å². The van der Waals surface area contributed by atoms with Crippen molar-refractivity contribution in [3.63, 3.8) is 0 Å². The minimum Gasteiger partial charge on any atom is -0.457 e. The van der Waals surface area contributed by atoms with Crippen LogP contribution in [0, 0.1) is 6.92 Å². The molecule has 0 amide bonds. The average Bonchev–Trinajstić information content (AvgIpc) is 2.76. The second-order valence-corrected chi connectivity index (χ2v) is 6.95. The highest BCUT2D eigenvalue weighted by Gasteiger charge is 2.31. The Morgan fingerprint density at radius 3 is 2.06 bits per heavy atom. The lowest BCUT2D eigenvalue weighted by atomic mass is 10.0. The van der Waals surface area contributed by atoms with Crippen molar-refractivity contribution in [3.8, 4) is 34.3 Å². The highest BCUT2D eigenvalue weighted by Crippen LogP contribution is 2.36. The van der Waals surface area contributed by atoms with Gasteiger partial charge in [0, 0.05) is 16.5 Å². The van der Waals surface area contributed by atoms with E-state index in [1.807, 2.05) is 0 Å². The molecule has 0 bridgehead atoms. The number of aromatic nitrogens is 1. The second-order valence-electron chi connectivity index (χ2n) is 6.95. The number of alkyl halides is 3. The molecule has 0 radical (unpaired) electrons. The first-order valence-corrected chi connectivity index (χ1v) is 9.64. The van der Waals surface area contributed by atoms with Gasteiger partial charge in [-0.2, -0.15) is 0 Å². The average molecular weight is 455 g/mol. The number of benzene rings is 3. The molecule has 3 aromatic carbocycles. The third kappa shape index (κ3) is 5.15. The fraction of sp³-hybridized carbons (Fsp3) is 0.0833. The summed E-state index contributed by atoms with van der Waals surface area (Å²) >= 11 is 0. The third-order valence-electron chi connectivity index (χ3n) is 4.69. The number of pyridine rings is 1. The van der Waals surface area contributed by atoms with E-state index in [1.54, 1.807) is 55.5 Å². The van der Waals surface area contributed by atoms with Crippen molar-refractivity contribution in [1.29, 1.82) is 0 Å². The number of fused-ring (bicyclic) bond motifs is 1. The monoisotopic (exact) mass is 455 g/mol. The molecule has 0 fully saturated rings. The van der Waals surface area contributed by atoms with Gasteiger partial charge in [-0.05, 0) is 67.6 Å². The molecule has 0 atom stereocenters.